The van der Waals surface area contributed by atoms with Crippen molar-refractivity contribution in [2.24, 2.45) is 0 Å². The van der Waals surface area contributed by atoms with Crippen molar-refractivity contribution < 1.29 is 18.0 Å². The molecule has 1 aliphatic rings. The molecule has 1 rings (SSSR count). The molecule has 6 nitrogen and oxygen atoms in total. The molecule has 0 spiro atoms. The Kier molecular flexibility index (Phi) is 4.86. The highest BCUT2D eigenvalue weighted by Crippen LogP contribution is 2.15. The third-order valence-corrected chi connectivity index (χ3v) is 4.65. The van der Waals surface area contributed by atoms with Gasteiger partial charge in [0.25, 0.3) is 0 Å². The Morgan fingerprint density at radius 1 is 1.39 bits per heavy atom. The average Bonchev–Trinajstić information content (AvgIpc) is 2.54. The summed E-state index contributed by atoms with van der Waals surface area (Å²) in [5, 5.41) is 2.85. The first-order valence-corrected chi connectivity index (χ1v) is 7.90. The maximum atomic E-state index is 11.9. The summed E-state index contributed by atoms with van der Waals surface area (Å²) in [6, 6.07) is -0.733. The van der Waals surface area contributed by atoms with Gasteiger partial charge in [0.1, 0.15) is 0 Å². The normalized spacial score (nSPS) is 21.1. The van der Waals surface area contributed by atoms with E-state index in [2.05, 4.69) is 5.32 Å². The van der Waals surface area contributed by atoms with Crippen LogP contribution in [0, 0.1) is 0 Å². The monoisotopic (exact) mass is 276 g/mol. The molecular formula is C11H20N2O4S. The van der Waals surface area contributed by atoms with Crippen LogP contribution in [0.3, 0.4) is 0 Å². The van der Waals surface area contributed by atoms with Gasteiger partial charge in [-0.15, -0.1) is 0 Å². The maximum Gasteiger partial charge on any atom is 0.247 e. The lowest BCUT2D eigenvalue weighted by atomic mass is 10.2. The first-order valence-electron chi connectivity index (χ1n) is 6.08. The SMILES string of the molecule is CCS(=O)(=O)CCNC1CC(=O)N(C(C)C)C1=O. The molecule has 1 fully saturated rings. The molecule has 1 N–H and O–H groups in total. The van der Waals surface area contributed by atoms with Gasteiger partial charge in [0.15, 0.2) is 9.84 Å². The van der Waals surface area contributed by atoms with E-state index < -0.39 is 15.9 Å². The topological polar surface area (TPSA) is 83.6 Å². The number of nitrogens with zero attached hydrogens (tertiary/aromatic N) is 1. The Hall–Kier alpha value is -0.950. The quantitative estimate of drug-likeness (QED) is 0.664. The van der Waals surface area contributed by atoms with E-state index in [1.165, 1.54) is 4.90 Å². The second-order valence-electron chi connectivity index (χ2n) is 4.64. The van der Waals surface area contributed by atoms with Crippen LogP contribution in [0.1, 0.15) is 27.2 Å². The van der Waals surface area contributed by atoms with Crippen LogP contribution in [0.4, 0.5) is 0 Å². The number of imide groups is 1. The molecule has 1 aliphatic heterocycles. The zero-order chi connectivity index (χ0) is 13.9. The molecule has 104 valence electrons. The van der Waals surface area contributed by atoms with E-state index in [1.54, 1.807) is 20.8 Å². The molecule has 0 bridgehead atoms. The maximum absolute atomic E-state index is 11.9. The van der Waals surface area contributed by atoms with E-state index in [4.69, 9.17) is 0 Å². The standard InChI is InChI=1S/C11H20N2O4S/c1-4-18(16,17)6-5-12-9-7-10(14)13(8(2)3)11(9)15/h8-9,12H,4-7H2,1-3H3. The number of hydrogen-bond donors (Lipinski definition) is 1. The summed E-state index contributed by atoms with van der Waals surface area (Å²) >= 11 is 0. The van der Waals surface area contributed by atoms with Crippen LogP contribution >= 0.6 is 0 Å². The minimum absolute atomic E-state index is 0.0108. The van der Waals surface area contributed by atoms with Crippen molar-refractivity contribution in [1.29, 1.82) is 0 Å². The lowest BCUT2D eigenvalue weighted by Gasteiger charge is -2.19. The van der Waals surface area contributed by atoms with Crippen molar-refractivity contribution in [2.45, 2.75) is 39.3 Å². The van der Waals surface area contributed by atoms with Gasteiger partial charge in [0, 0.05) is 18.3 Å². The Balaban J connectivity index is 2.51. The molecule has 1 unspecified atom stereocenters. The molecule has 0 radical (unpaired) electrons. The van der Waals surface area contributed by atoms with Crippen molar-refractivity contribution >= 4 is 21.7 Å². The van der Waals surface area contributed by atoms with Gasteiger partial charge < -0.3 is 5.32 Å². The molecule has 0 aliphatic carbocycles. The summed E-state index contributed by atoms with van der Waals surface area (Å²) in [4.78, 5) is 24.7. The summed E-state index contributed by atoms with van der Waals surface area (Å²) < 4.78 is 22.6. The van der Waals surface area contributed by atoms with Gasteiger partial charge in [-0.25, -0.2) is 8.42 Å². The van der Waals surface area contributed by atoms with Crippen LogP contribution in [0.2, 0.25) is 0 Å². The van der Waals surface area contributed by atoms with Crippen molar-refractivity contribution in [3.8, 4) is 0 Å². The summed E-state index contributed by atoms with van der Waals surface area (Å²) in [5.74, 6) is -0.386. The van der Waals surface area contributed by atoms with Crippen LogP contribution in [0.5, 0.6) is 0 Å². The minimum atomic E-state index is -3.04. The first kappa shape index (κ1) is 15.1. The zero-order valence-corrected chi connectivity index (χ0v) is 11.8. The number of carbonyl (C=O) groups is 2. The molecule has 1 atom stereocenters. The van der Waals surface area contributed by atoms with E-state index in [0.717, 1.165) is 0 Å². The van der Waals surface area contributed by atoms with Gasteiger partial charge in [-0.05, 0) is 13.8 Å². The molecule has 2 amide bonds. The van der Waals surface area contributed by atoms with E-state index in [-0.39, 0.29) is 42.3 Å². The van der Waals surface area contributed by atoms with E-state index >= 15 is 0 Å². The average molecular weight is 276 g/mol. The number of rotatable bonds is 6. The molecule has 7 heteroatoms. The van der Waals surface area contributed by atoms with Crippen LogP contribution in [0.15, 0.2) is 0 Å². The fraction of sp³-hybridized carbons (Fsp3) is 0.818. The van der Waals surface area contributed by atoms with Crippen molar-refractivity contribution in [3.05, 3.63) is 0 Å². The van der Waals surface area contributed by atoms with Gasteiger partial charge in [-0.3, -0.25) is 14.5 Å². The highest BCUT2D eigenvalue weighted by molar-refractivity contribution is 7.91. The summed E-state index contributed by atoms with van der Waals surface area (Å²) in [7, 11) is -3.04. The summed E-state index contributed by atoms with van der Waals surface area (Å²) in [6.07, 6.45) is 0.114. The van der Waals surface area contributed by atoms with Crippen molar-refractivity contribution in [2.75, 3.05) is 18.1 Å². The predicted octanol–water partition coefficient (Wildman–Crippen LogP) is -0.453. The lowest BCUT2D eigenvalue weighted by molar-refractivity contribution is -0.140. The highest BCUT2D eigenvalue weighted by atomic mass is 32.2. The molecule has 0 aromatic carbocycles. The van der Waals surface area contributed by atoms with E-state index in [1.807, 2.05) is 0 Å². The zero-order valence-electron chi connectivity index (χ0n) is 11.0. The largest absolute Gasteiger partial charge is 0.304 e. The molecule has 1 saturated heterocycles. The second-order valence-corrected chi connectivity index (χ2v) is 7.12. The van der Waals surface area contributed by atoms with Gasteiger partial charge in [0.2, 0.25) is 11.8 Å². The van der Waals surface area contributed by atoms with Gasteiger partial charge >= 0.3 is 0 Å². The Morgan fingerprint density at radius 2 is 2.00 bits per heavy atom. The number of amides is 2. The van der Waals surface area contributed by atoms with Crippen LogP contribution in [-0.4, -0.2) is 55.3 Å². The first-order chi connectivity index (χ1) is 8.28. The molecule has 0 aromatic heterocycles. The molecule has 0 aromatic rings. The fourth-order valence-corrected chi connectivity index (χ4v) is 2.60. The molecule has 0 saturated carbocycles. The highest BCUT2D eigenvalue weighted by Gasteiger charge is 2.39. The van der Waals surface area contributed by atoms with E-state index in [0.29, 0.717) is 0 Å². The van der Waals surface area contributed by atoms with Crippen molar-refractivity contribution in [3.63, 3.8) is 0 Å². The van der Waals surface area contributed by atoms with Crippen molar-refractivity contribution in [1.82, 2.24) is 10.2 Å². The minimum Gasteiger partial charge on any atom is -0.304 e. The van der Waals surface area contributed by atoms with E-state index in [9.17, 15) is 18.0 Å². The van der Waals surface area contributed by atoms with Crippen LogP contribution in [0.25, 0.3) is 0 Å². The van der Waals surface area contributed by atoms with Gasteiger partial charge in [-0.1, -0.05) is 6.92 Å². The molecule has 18 heavy (non-hydrogen) atoms. The fourth-order valence-electron chi connectivity index (χ4n) is 1.89. The Labute approximate surface area is 108 Å². The Morgan fingerprint density at radius 3 is 2.44 bits per heavy atom. The summed E-state index contributed by atoms with van der Waals surface area (Å²) in [5.41, 5.74) is 0. The van der Waals surface area contributed by atoms with Crippen LogP contribution in [-0.2, 0) is 19.4 Å². The van der Waals surface area contributed by atoms with Gasteiger partial charge in [0.05, 0.1) is 18.2 Å². The molecular weight excluding hydrogens is 256 g/mol. The molecule has 1 heterocycles. The van der Waals surface area contributed by atoms with Crippen LogP contribution < -0.4 is 5.32 Å². The third kappa shape index (κ3) is 3.52. The number of likely N-dealkylation sites (tertiary alicyclic amines) is 1. The number of nitrogens with one attached hydrogen (secondary N) is 1. The number of hydrogen-bond acceptors (Lipinski definition) is 5. The second kappa shape index (κ2) is 5.79. The lowest BCUT2D eigenvalue weighted by Crippen LogP contribution is -2.43. The summed E-state index contributed by atoms with van der Waals surface area (Å²) in [6.45, 7) is 5.34. The van der Waals surface area contributed by atoms with Gasteiger partial charge in [-0.2, -0.15) is 0 Å². The number of carbonyl (C=O) groups excluding carboxylic acids is 2. The third-order valence-electron chi connectivity index (χ3n) is 2.94. The number of sulfone groups is 1. The predicted molar refractivity (Wildman–Crippen MR) is 67.7 cm³/mol. The smallest absolute Gasteiger partial charge is 0.247 e. The Bertz CT molecular complexity index is 430.